The number of amides is 3. The van der Waals surface area contributed by atoms with Crippen LogP contribution in [0.15, 0.2) is 0 Å². The van der Waals surface area contributed by atoms with Crippen LogP contribution in [-0.4, -0.2) is 94.4 Å². The first-order chi connectivity index (χ1) is 14.6. The molecule has 10 N–H and O–H groups in total. The molecule has 0 radical (unpaired) electrons. The zero-order chi connectivity index (χ0) is 24.0. The second kappa shape index (κ2) is 15.8. The predicted molar refractivity (Wildman–Crippen MR) is 116 cm³/mol. The van der Waals surface area contributed by atoms with E-state index in [1.165, 1.54) is 18.7 Å². The molecular weight excluding hydrogens is 430 g/mol. The van der Waals surface area contributed by atoms with Crippen LogP contribution in [0.5, 0.6) is 0 Å². The number of aliphatic hydroxyl groups is 2. The minimum absolute atomic E-state index is 0.162. The maximum Gasteiger partial charge on any atom is 0.328 e. The minimum atomic E-state index is -1.53. The Bertz CT molecular complexity index is 594. The van der Waals surface area contributed by atoms with E-state index in [0.29, 0.717) is 31.6 Å². The fourth-order valence-corrected chi connectivity index (χ4v) is 3.00. The van der Waals surface area contributed by atoms with Gasteiger partial charge in [0.15, 0.2) is 0 Å². The summed E-state index contributed by atoms with van der Waals surface area (Å²) in [6, 6.07) is -4.92. The monoisotopic (exact) mass is 465 g/mol. The highest BCUT2D eigenvalue weighted by molar-refractivity contribution is 7.98. The molecule has 12 nitrogen and oxygen atoms in total. The van der Waals surface area contributed by atoms with Gasteiger partial charge < -0.3 is 42.7 Å². The summed E-state index contributed by atoms with van der Waals surface area (Å²) in [4.78, 5) is 48.4. The smallest absolute Gasteiger partial charge is 0.328 e. The van der Waals surface area contributed by atoms with Gasteiger partial charge in [0.2, 0.25) is 17.7 Å². The third-order valence-corrected chi connectivity index (χ3v) is 5.05. The molecular formula is C18H35N5O7S. The van der Waals surface area contributed by atoms with Crippen LogP contribution in [0.4, 0.5) is 0 Å². The number of nitrogens with two attached hydrogens (primary N) is 2. The van der Waals surface area contributed by atoms with Crippen LogP contribution < -0.4 is 27.4 Å². The molecule has 0 rings (SSSR count). The lowest BCUT2D eigenvalue weighted by atomic mass is 10.1. The van der Waals surface area contributed by atoms with E-state index in [-0.39, 0.29) is 6.42 Å². The van der Waals surface area contributed by atoms with Crippen LogP contribution in [0.3, 0.4) is 0 Å². The molecule has 31 heavy (non-hydrogen) atoms. The van der Waals surface area contributed by atoms with Crippen molar-refractivity contribution in [1.29, 1.82) is 0 Å². The Labute approximate surface area is 185 Å². The number of hydrogen-bond donors (Lipinski definition) is 8. The summed E-state index contributed by atoms with van der Waals surface area (Å²) in [5.74, 6) is -3.22. The van der Waals surface area contributed by atoms with Crippen molar-refractivity contribution in [2.24, 2.45) is 11.5 Å². The van der Waals surface area contributed by atoms with E-state index in [1.54, 1.807) is 6.26 Å². The van der Waals surface area contributed by atoms with Gasteiger partial charge in [0, 0.05) is 0 Å². The van der Waals surface area contributed by atoms with Gasteiger partial charge in [-0.3, -0.25) is 14.4 Å². The van der Waals surface area contributed by atoms with E-state index >= 15 is 0 Å². The molecule has 0 aliphatic carbocycles. The Kier molecular flexibility index (Phi) is 14.8. The largest absolute Gasteiger partial charge is 0.480 e. The van der Waals surface area contributed by atoms with Crippen molar-refractivity contribution in [1.82, 2.24) is 16.0 Å². The van der Waals surface area contributed by atoms with Gasteiger partial charge in [-0.2, -0.15) is 11.8 Å². The van der Waals surface area contributed by atoms with Crippen molar-refractivity contribution in [2.75, 3.05) is 25.2 Å². The number of aliphatic carboxylic acids is 1. The first kappa shape index (κ1) is 29.1. The summed E-state index contributed by atoms with van der Waals surface area (Å²) in [5.41, 5.74) is 11.2. The normalized spacial score (nSPS) is 15.8. The molecule has 0 saturated heterocycles. The number of carboxylic acid groups (broad SMARTS) is 1. The first-order valence-electron chi connectivity index (χ1n) is 9.96. The van der Waals surface area contributed by atoms with Crippen molar-refractivity contribution < 1.29 is 34.5 Å². The summed E-state index contributed by atoms with van der Waals surface area (Å²) >= 11 is 1.40. The highest BCUT2D eigenvalue weighted by atomic mass is 32.2. The summed E-state index contributed by atoms with van der Waals surface area (Å²) in [6.07, 6.45) is 2.34. The van der Waals surface area contributed by atoms with Crippen LogP contribution >= 0.6 is 11.8 Å². The van der Waals surface area contributed by atoms with Crippen molar-refractivity contribution >= 4 is 35.5 Å². The summed E-state index contributed by atoms with van der Waals surface area (Å²) in [5, 5.41) is 35.0. The van der Waals surface area contributed by atoms with E-state index in [1.807, 2.05) is 0 Å². The average Bonchev–Trinajstić information content (AvgIpc) is 2.71. The molecule has 0 aliphatic heterocycles. The number of unbranched alkanes of at least 4 members (excludes halogenated alkanes) is 1. The SMILES string of the molecule is CSCCC(NC(=O)C(NC(=O)C(N)CCCCN)C(C)O)C(=O)NC(CO)C(=O)O. The van der Waals surface area contributed by atoms with Crippen molar-refractivity contribution in [3.63, 3.8) is 0 Å². The Morgan fingerprint density at radius 3 is 2.06 bits per heavy atom. The van der Waals surface area contributed by atoms with Crippen LogP contribution in [0, 0.1) is 0 Å². The molecule has 5 unspecified atom stereocenters. The fraction of sp³-hybridized carbons (Fsp3) is 0.778. The van der Waals surface area contributed by atoms with E-state index in [9.17, 15) is 24.3 Å². The molecule has 0 spiro atoms. The van der Waals surface area contributed by atoms with Crippen molar-refractivity contribution in [2.45, 2.75) is 62.9 Å². The number of carbonyl (C=O) groups excluding carboxylic acids is 3. The third-order valence-electron chi connectivity index (χ3n) is 4.41. The van der Waals surface area contributed by atoms with Gasteiger partial charge in [-0.05, 0) is 44.7 Å². The van der Waals surface area contributed by atoms with Crippen LogP contribution in [0.25, 0.3) is 0 Å². The van der Waals surface area contributed by atoms with Gasteiger partial charge >= 0.3 is 5.97 Å². The van der Waals surface area contributed by atoms with Gasteiger partial charge in [-0.1, -0.05) is 6.42 Å². The topological polar surface area (TPSA) is 217 Å². The maximum atomic E-state index is 12.7. The zero-order valence-electron chi connectivity index (χ0n) is 17.9. The average molecular weight is 466 g/mol. The molecule has 180 valence electrons. The van der Waals surface area contributed by atoms with E-state index in [0.717, 1.165) is 0 Å². The zero-order valence-corrected chi connectivity index (χ0v) is 18.7. The standard InChI is InChI=1S/C18H35N5O7S/c1-10(25)14(23-15(26)11(20)5-3-4-7-19)17(28)21-12(6-8-31-2)16(27)22-13(9-24)18(29)30/h10-14,24-25H,3-9,19-20H2,1-2H3,(H,21,28)(H,22,27)(H,23,26)(H,29,30). The number of thioether (sulfide) groups is 1. The lowest BCUT2D eigenvalue weighted by Gasteiger charge is -2.26. The number of carboxylic acids is 1. The molecule has 0 aromatic rings. The number of hydrogen-bond acceptors (Lipinski definition) is 9. The second-order valence-electron chi connectivity index (χ2n) is 7.04. The quantitative estimate of drug-likeness (QED) is 0.109. The molecule has 0 fully saturated rings. The lowest BCUT2D eigenvalue weighted by molar-refractivity contribution is -0.143. The van der Waals surface area contributed by atoms with Gasteiger partial charge in [0.1, 0.15) is 18.1 Å². The molecule has 0 bridgehead atoms. The van der Waals surface area contributed by atoms with E-state index < -0.39 is 60.6 Å². The van der Waals surface area contributed by atoms with Gasteiger partial charge in [-0.25, -0.2) is 4.79 Å². The first-order valence-corrected chi connectivity index (χ1v) is 11.4. The molecule has 0 heterocycles. The highest BCUT2D eigenvalue weighted by Gasteiger charge is 2.32. The molecule has 13 heteroatoms. The summed E-state index contributed by atoms with van der Waals surface area (Å²) in [7, 11) is 0. The Hall–Kier alpha value is -1.93. The Morgan fingerprint density at radius 1 is 0.968 bits per heavy atom. The minimum Gasteiger partial charge on any atom is -0.480 e. The van der Waals surface area contributed by atoms with Gasteiger partial charge in [0.05, 0.1) is 18.8 Å². The van der Waals surface area contributed by atoms with Crippen LogP contribution in [-0.2, 0) is 19.2 Å². The van der Waals surface area contributed by atoms with E-state index in [4.69, 9.17) is 21.7 Å². The van der Waals surface area contributed by atoms with Crippen molar-refractivity contribution in [3.8, 4) is 0 Å². The van der Waals surface area contributed by atoms with Crippen molar-refractivity contribution in [3.05, 3.63) is 0 Å². The molecule has 0 aromatic carbocycles. The summed E-state index contributed by atoms with van der Waals surface area (Å²) < 4.78 is 0. The Morgan fingerprint density at radius 2 is 1.58 bits per heavy atom. The lowest BCUT2D eigenvalue weighted by Crippen LogP contribution is -2.60. The Balaban J connectivity index is 5.19. The second-order valence-corrected chi connectivity index (χ2v) is 8.03. The number of carbonyl (C=O) groups is 4. The molecule has 0 saturated carbocycles. The molecule has 5 atom stereocenters. The molecule has 3 amide bonds. The van der Waals surface area contributed by atoms with Crippen LogP contribution in [0.2, 0.25) is 0 Å². The third kappa shape index (κ3) is 11.3. The van der Waals surface area contributed by atoms with Gasteiger partial charge in [-0.15, -0.1) is 0 Å². The number of aliphatic hydroxyl groups excluding tert-OH is 2. The molecule has 0 aromatic heterocycles. The summed E-state index contributed by atoms with van der Waals surface area (Å²) in [6.45, 7) is 0.942. The highest BCUT2D eigenvalue weighted by Crippen LogP contribution is 2.05. The number of rotatable bonds is 16. The predicted octanol–water partition coefficient (Wildman–Crippen LogP) is -2.89. The number of nitrogens with one attached hydrogen (secondary N) is 3. The van der Waals surface area contributed by atoms with Gasteiger partial charge in [0.25, 0.3) is 0 Å². The fourth-order valence-electron chi connectivity index (χ4n) is 2.53. The van der Waals surface area contributed by atoms with E-state index in [2.05, 4.69) is 16.0 Å². The van der Waals surface area contributed by atoms with Crippen LogP contribution in [0.1, 0.15) is 32.6 Å². The maximum absolute atomic E-state index is 12.7. The molecule has 0 aliphatic rings.